The summed E-state index contributed by atoms with van der Waals surface area (Å²) in [5.74, 6) is 0.233. The molecule has 0 unspecified atom stereocenters. The lowest BCUT2D eigenvalue weighted by molar-refractivity contribution is 0.956. The minimum Gasteiger partial charge on any atom is -0.387 e. The molecule has 74 valence electrons. The van der Waals surface area contributed by atoms with E-state index < -0.39 is 0 Å². The van der Waals surface area contributed by atoms with Crippen molar-refractivity contribution in [2.75, 3.05) is 18.5 Å². The molecule has 1 heterocycles. The van der Waals surface area contributed by atoms with E-state index in [0.717, 1.165) is 18.5 Å². The first-order valence-electron chi connectivity index (χ1n) is 4.82. The Morgan fingerprint density at radius 3 is 3.07 bits per heavy atom. The Bertz CT molecular complexity index is 371. The van der Waals surface area contributed by atoms with Gasteiger partial charge in [0.15, 0.2) is 0 Å². The van der Waals surface area contributed by atoms with Crippen molar-refractivity contribution in [2.24, 2.45) is 5.73 Å². The number of nitrogens with two attached hydrogens (primary N) is 1. The van der Waals surface area contributed by atoms with Gasteiger partial charge >= 0.3 is 0 Å². The first-order chi connectivity index (χ1) is 6.66. The fourth-order valence-electron chi connectivity index (χ4n) is 1.95. The number of nitrogens with one attached hydrogen (secondary N) is 1. The first kappa shape index (κ1) is 9.06. The summed E-state index contributed by atoms with van der Waals surface area (Å²) in [7, 11) is 2.11. The minimum atomic E-state index is 0.233. The van der Waals surface area contributed by atoms with Crippen LogP contribution in [0.5, 0.6) is 0 Å². The van der Waals surface area contributed by atoms with Crippen molar-refractivity contribution >= 4 is 11.5 Å². The molecule has 1 aliphatic rings. The molecule has 3 nitrogen and oxygen atoms in total. The Hall–Kier alpha value is -1.51. The van der Waals surface area contributed by atoms with Gasteiger partial charge in [0, 0.05) is 25.7 Å². The van der Waals surface area contributed by atoms with Gasteiger partial charge in [0.1, 0.15) is 0 Å². The zero-order valence-electron chi connectivity index (χ0n) is 8.38. The number of amidine groups is 1. The van der Waals surface area contributed by atoms with Gasteiger partial charge in [0.05, 0.1) is 5.84 Å². The molecule has 3 N–H and O–H groups in total. The maximum Gasteiger partial charge on any atom is 0.0950 e. The topological polar surface area (TPSA) is 53.1 Å². The maximum atomic E-state index is 7.24. The molecule has 3 heteroatoms. The van der Waals surface area contributed by atoms with Gasteiger partial charge < -0.3 is 10.6 Å². The summed E-state index contributed by atoms with van der Waals surface area (Å²) >= 11 is 0. The molecule has 1 aliphatic heterocycles. The number of fused-ring (bicyclic) bond motifs is 1. The monoisotopic (exact) mass is 189 g/mol. The van der Waals surface area contributed by atoms with E-state index in [1.54, 1.807) is 0 Å². The van der Waals surface area contributed by atoms with Crippen LogP contribution in [0.2, 0.25) is 0 Å². The number of anilines is 1. The summed E-state index contributed by atoms with van der Waals surface area (Å²) in [6.07, 6.45) is 1.68. The van der Waals surface area contributed by atoms with Crippen molar-refractivity contribution in [1.29, 1.82) is 5.41 Å². The second-order valence-electron chi connectivity index (χ2n) is 3.84. The van der Waals surface area contributed by atoms with Gasteiger partial charge in [-0.1, -0.05) is 12.1 Å². The van der Waals surface area contributed by atoms with Gasteiger partial charge in [-0.2, -0.15) is 0 Å². The van der Waals surface area contributed by atoms with E-state index in [4.69, 9.17) is 11.1 Å². The molecule has 0 aliphatic carbocycles. The SMILES string of the molecule is CN1CCc2cc(CC(=N)N)ccc21. The second-order valence-corrected chi connectivity index (χ2v) is 3.84. The molecule has 14 heavy (non-hydrogen) atoms. The molecule has 0 aromatic heterocycles. The van der Waals surface area contributed by atoms with E-state index in [9.17, 15) is 0 Å². The third kappa shape index (κ3) is 1.58. The third-order valence-corrected chi connectivity index (χ3v) is 2.67. The van der Waals surface area contributed by atoms with E-state index in [1.165, 1.54) is 11.3 Å². The molecule has 0 saturated heterocycles. The van der Waals surface area contributed by atoms with E-state index in [2.05, 4.69) is 30.1 Å². The fourth-order valence-corrected chi connectivity index (χ4v) is 1.95. The second kappa shape index (κ2) is 3.33. The molecule has 0 amide bonds. The number of likely N-dealkylation sites (N-methyl/N-ethyl adjacent to an activating group) is 1. The van der Waals surface area contributed by atoms with Gasteiger partial charge in [-0.25, -0.2) is 0 Å². The number of hydrogen-bond donors (Lipinski definition) is 2. The molecule has 0 saturated carbocycles. The highest BCUT2D eigenvalue weighted by atomic mass is 15.1. The molecule has 0 atom stereocenters. The van der Waals surface area contributed by atoms with Crippen LogP contribution in [0.15, 0.2) is 18.2 Å². The Kier molecular flexibility index (Phi) is 2.15. The zero-order valence-corrected chi connectivity index (χ0v) is 8.38. The summed E-state index contributed by atoms with van der Waals surface area (Å²) < 4.78 is 0. The van der Waals surface area contributed by atoms with Crippen LogP contribution in [0.1, 0.15) is 11.1 Å². The van der Waals surface area contributed by atoms with Crippen molar-refractivity contribution in [3.63, 3.8) is 0 Å². The summed E-state index contributed by atoms with van der Waals surface area (Å²) in [6.45, 7) is 1.10. The molecule has 0 fully saturated rings. The normalized spacial score (nSPS) is 14.2. The highest BCUT2D eigenvalue weighted by Crippen LogP contribution is 2.27. The van der Waals surface area contributed by atoms with Crippen molar-refractivity contribution < 1.29 is 0 Å². The van der Waals surface area contributed by atoms with Crippen molar-refractivity contribution in [2.45, 2.75) is 12.8 Å². The molecule has 1 aromatic rings. The molecule has 0 spiro atoms. The smallest absolute Gasteiger partial charge is 0.0950 e. The predicted molar refractivity (Wildman–Crippen MR) is 59.0 cm³/mol. The highest BCUT2D eigenvalue weighted by molar-refractivity contribution is 5.79. The van der Waals surface area contributed by atoms with E-state index in [1.807, 2.05) is 0 Å². The average Bonchev–Trinajstić information content (AvgIpc) is 2.46. The number of rotatable bonds is 2. The van der Waals surface area contributed by atoms with Crippen LogP contribution in [0.25, 0.3) is 0 Å². The molecule has 0 radical (unpaired) electrons. The molecule has 2 rings (SSSR count). The van der Waals surface area contributed by atoms with Gasteiger partial charge in [-0.05, 0) is 23.6 Å². The van der Waals surface area contributed by atoms with Crippen LogP contribution in [-0.2, 0) is 12.8 Å². The van der Waals surface area contributed by atoms with E-state index in [0.29, 0.717) is 6.42 Å². The average molecular weight is 189 g/mol. The van der Waals surface area contributed by atoms with E-state index in [-0.39, 0.29) is 5.84 Å². The lowest BCUT2D eigenvalue weighted by Gasteiger charge is -2.11. The Morgan fingerprint density at radius 2 is 2.36 bits per heavy atom. The molecular formula is C11H15N3. The quantitative estimate of drug-likeness (QED) is 0.542. The summed E-state index contributed by atoms with van der Waals surface area (Å²) in [6, 6.07) is 6.35. The van der Waals surface area contributed by atoms with Crippen LogP contribution in [0.3, 0.4) is 0 Å². The van der Waals surface area contributed by atoms with Gasteiger partial charge in [0.25, 0.3) is 0 Å². The summed E-state index contributed by atoms with van der Waals surface area (Å²) in [5.41, 5.74) is 9.21. The fraction of sp³-hybridized carbons (Fsp3) is 0.364. The molecular weight excluding hydrogens is 174 g/mol. The summed E-state index contributed by atoms with van der Waals surface area (Å²) in [4.78, 5) is 2.26. The minimum absolute atomic E-state index is 0.233. The number of hydrogen-bond acceptors (Lipinski definition) is 2. The lowest BCUT2D eigenvalue weighted by atomic mass is 10.1. The van der Waals surface area contributed by atoms with Gasteiger partial charge in [0.2, 0.25) is 0 Å². The van der Waals surface area contributed by atoms with Crippen LogP contribution in [0, 0.1) is 5.41 Å². The number of nitrogens with zero attached hydrogens (tertiary/aromatic N) is 1. The van der Waals surface area contributed by atoms with Gasteiger partial charge in [-0.3, -0.25) is 5.41 Å². The van der Waals surface area contributed by atoms with Crippen molar-refractivity contribution in [3.8, 4) is 0 Å². The Balaban J connectivity index is 2.28. The highest BCUT2D eigenvalue weighted by Gasteiger charge is 2.15. The Morgan fingerprint density at radius 1 is 1.57 bits per heavy atom. The Labute approximate surface area is 84.0 Å². The first-order valence-corrected chi connectivity index (χ1v) is 4.82. The standard InChI is InChI=1S/C11H15N3/c1-14-5-4-9-6-8(7-11(12)13)2-3-10(9)14/h2-3,6H,4-5,7H2,1H3,(H3,12,13). The van der Waals surface area contributed by atoms with Crippen LogP contribution in [0.4, 0.5) is 5.69 Å². The van der Waals surface area contributed by atoms with Crippen molar-refractivity contribution in [3.05, 3.63) is 29.3 Å². The molecule has 1 aromatic carbocycles. The van der Waals surface area contributed by atoms with Crippen LogP contribution in [-0.4, -0.2) is 19.4 Å². The van der Waals surface area contributed by atoms with Gasteiger partial charge in [-0.15, -0.1) is 0 Å². The maximum absolute atomic E-state index is 7.24. The molecule has 0 bridgehead atoms. The van der Waals surface area contributed by atoms with Crippen LogP contribution >= 0.6 is 0 Å². The van der Waals surface area contributed by atoms with Crippen molar-refractivity contribution in [1.82, 2.24) is 0 Å². The largest absolute Gasteiger partial charge is 0.387 e. The number of benzene rings is 1. The van der Waals surface area contributed by atoms with E-state index >= 15 is 0 Å². The zero-order chi connectivity index (χ0) is 10.1. The lowest BCUT2D eigenvalue weighted by Crippen LogP contribution is -2.13. The third-order valence-electron chi connectivity index (χ3n) is 2.67. The van der Waals surface area contributed by atoms with Crippen LogP contribution < -0.4 is 10.6 Å². The predicted octanol–water partition coefficient (Wildman–Crippen LogP) is 1.16. The summed E-state index contributed by atoms with van der Waals surface area (Å²) in [5, 5.41) is 7.24.